The molecule has 1 aliphatic heterocycles. The van der Waals surface area contributed by atoms with Crippen LogP contribution in [0.5, 0.6) is 0 Å². The number of nitrogens with one attached hydrogen (secondary N) is 1. The van der Waals surface area contributed by atoms with Crippen LogP contribution in [0.25, 0.3) is 0 Å². The molecule has 0 saturated carbocycles. The zero-order valence-electron chi connectivity index (χ0n) is 16.3. The summed E-state index contributed by atoms with van der Waals surface area (Å²) in [7, 11) is 1.47. The topological polar surface area (TPSA) is 57.2 Å². The lowest BCUT2D eigenvalue weighted by Gasteiger charge is -2.33. The molecule has 0 unspecified atom stereocenters. The number of aliphatic imine (C=N–C) groups is 1. The van der Waals surface area contributed by atoms with E-state index in [4.69, 9.17) is 9.73 Å². The largest absolute Gasteiger partial charge is 0.469 e. The lowest BCUT2D eigenvalue weighted by molar-refractivity contribution is -0.146. The van der Waals surface area contributed by atoms with E-state index in [1.165, 1.54) is 7.11 Å². The highest BCUT2D eigenvalue weighted by Crippen LogP contribution is 2.18. The zero-order valence-corrected chi connectivity index (χ0v) is 16.3. The molecule has 1 rings (SSSR count). The summed E-state index contributed by atoms with van der Waals surface area (Å²) in [5.41, 5.74) is 0. The molecule has 0 aromatic carbocycles. The van der Waals surface area contributed by atoms with E-state index in [1.807, 2.05) is 0 Å². The molecule has 0 aliphatic carbocycles. The van der Waals surface area contributed by atoms with E-state index in [2.05, 4.69) is 49.7 Å². The Morgan fingerprint density at radius 1 is 1.25 bits per heavy atom. The summed E-state index contributed by atoms with van der Waals surface area (Å²) in [4.78, 5) is 21.2. The van der Waals surface area contributed by atoms with Gasteiger partial charge in [-0.1, -0.05) is 0 Å². The summed E-state index contributed by atoms with van der Waals surface area (Å²) < 4.78 is 4.86. The summed E-state index contributed by atoms with van der Waals surface area (Å²) in [5, 5.41) is 3.38. The maximum absolute atomic E-state index is 11.7. The summed E-state index contributed by atoms with van der Waals surface area (Å²) in [6.07, 6.45) is 1.67. The van der Waals surface area contributed by atoms with Crippen LogP contribution in [-0.4, -0.2) is 73.6 Å². The van der Waals surface area contributed by atoms with E-state index in [-0.39, 0.29) is 11.9 Å². The van der Waals surface area contributed by atoms with Crippen molar-refractivity contribution >= 4 is 11.9 Å². The van der Waals surface area contributed by atoms with Gasteiger partial charge in [-0.3, -0.25) is 14.7 Å². The lowest BCUT2D eigenvalue weighted by atomic mass is 9.97. The number of piperidine rings is 1. The molecule has 1 aliphatic rings. The average molecular weight is 341 g/mol. The molecule has 0 aromatic rings. The molecule has 0 amide bonds. The molecule has 1 fully saturated rings. The van der Waals surface area contributed by atoms with E-state index in [0.717, 1.165) is 51.5 Å². The molecule has 0 aromatic heterocycles. The van der Waals surface area contributed by atoms with Crippen LogP contribution in [0.1, 0.15) is 47.5 Å². The smallest absolute Gasteiger partial charge is 0.308 e. The number of rotatable bonds is 7. The predicted molar refractivity (Wildman–Crippen MR) is 99.3 cm³/mol. The van der Waals surface area contributed by atoms with Crippen LogP contribution in [0.4, 0.5) is 0 Å². The molecule has 1 heterocycles. The average Bonchev–Trinajstić information content (AvgIpc) is 2.56. The van der Waals surface area contributed by atoms with Crippen LogP contribution in [0.2, 0.25) is 0 Å². The molecule has 0 atom stereocenters. The van der Waals surface area contributed by atoms with Crippen molar-refractivity contribution in [2.75, 3.05) is 39.8 Å². The van der Waals surface area contributed by atoms with Crippen molar-refractivity contribution < 1.29 is 9.53 Å². The molecule has 1 N–H and O–H groups in total. The molecule has 6 nitrogen and oxygen atoms in total. The third kappa shape index (κ3) is 6.30. The molecule has 0 bridgehead atoms. The van der Waals surface area contributed by atoms with Crippen LogP contribution in [0, 0.1) is 5.92 Å². The predicted octanol–water partition coefficient (Wildman–Crippen LogP) is 1.96. The Balaban J connectivity index is 2.59. The molecule has 1 saturated heterocycles. The van der Waals surface area contributed by atoms with Gasteiger partial charge in [-0.05, 0) is 47.5 Å². The van der Waals surface area contributed by atoms with Crippen molar-refractivity contribution in [3.8, 4) is 0 Å². The first-order valence-corrected chi connectivity index (χ1v) is 9.27. The fourth-order valence-corrected chi connectivity index (χ4v) is 3.30. The lowest BCUT2D eigenvalue weighted by Crippen LogP contribution is -2.47. The van der Waals surface area contributed by atoms with Gasteiger partial charge in [-0.2, -0.15) is 0 Å². The van der Waals surface area contributed by atoms with Gasteiger partial charge in [0.25, 0.3) is 0 Å². The molecule has 140 valence electrons. The minimum Gasteiger partial charge on any atom is -0.469 e. The van der Waals surface area contributed by atoms with Crippen molar-refractivity contribution in [1.29, 1.82) is 0 Å². The molecule has 0 spiro atoms. The normalized spacial score (nSPS) is 17.0. The Labute approximate surface area is 147 Å². The van der Waals surface area contributed by atoms with Crippen LogP contribution >= 0.6 is 0 Å². The fraction of sp³-hybridized carbons (Fsp3) is 0.889. The minimum atomic E-state index is -0.0823. The minimum absolute atomic E-state index is 0.0338. The highest BCUT2D eigenvalue weighted by atomic mass is 16.5. The van der Waals surface area contributed by atoms with Crippen molar-refractivity contribution in [3.05, 3.63) is 0 Å². The number of carbonyl (C=O) groups excluding carboxylic acids is 1. The first kappa shape index (κ1) is 20.7. The quantitative estimate of drug-likeness (QED) is 0.436. The number of carbonyl (C=O) groups is 1. The highest BCUT2D eigenvalue weighted by Gasteiger charge is 2.27. The number of hydrogen-bond donors (Lipinski definition) is 1. The van der Waals surface area contributed by atoms with Crippen molar-refractivity contribution in [2.45, 2.75) is 59.5 Å². The second-order valence-corrected chi connectivity index (χ2v) is 6.95. The number of likely N-dealkylation sites (tertiary alicyclic amines) is 1. The van der Waals surface area contributed by atoms with Crippen LogP contribution in [0.3, 0.4) is 0 Å². The second kappa shape index (κ2) is 10.5. The Hall–Kier alpha value is -1.30. The number of ether oxygens (including phenoxy) is 1. The monoisotopic (exact) mass is 340 g/mol. The Morgan fingerprint density at radius 3 is 2.29 bits per heavy atom. The molecule has 6 heteroatoms. The van der Waals surface area contributed by atoms with Gasteiger partial charge in [0.15, 0.2) is 5.96 Å². The van der Waals surface area contributed by atoms with Crippen LogP contribution < -0.4 is 5.32 Å². The van der Waals surface area contributed by atoms with Crippen molar-refractivity contribution in [3.63, 3.8) is 0 Å². The standard InChI is InChI=1S/C18H36N4O2/c1-7-19-18(20-10-13-22(14(2)3)15(4)5)21-11-8-16(9-12-21)17(23)24-6/h14-16H,7-13H2,1-6H3,(H,19,20). The van der Waals surface area contributed by atoms with Gasteiger partial charge in [0.2, 0.25) is 0 Å². The maximum Gasteiger partial charge on any atom is 0.308 e. The molecule has 0 radical (unpaired) electrons. The molecular formula is C18H36N4O2. The van der Waals surface area contributed by atoms with Gasteiger partial charge >= 0.3 is 5.97 Å². The second-order valence-electron chi connectivity index (χ2n) is 6.95. The van der Waals surface area contributed by atoms with Crippen LogP contribution in [0.15, 0.2) is 4.99 Å². The van der Waals surface area contributed by atoms with E-state index < -0.39 is 0 Å². The molecule has 24 heavy (non-hydrogen) atoms. The first-order chi connectivity index (χ1) is 11.4. The number of esters is 1. The first-order valence-electron chi connectivity index (χ1n) is 9.27. The van der Waals surface area contributed by atoms with Gasteiger partial charge in [-0.15, -0.1) is 0 Å². The van der Waals surface area contributed by atoms with Crippen LogP contribution in [-0.2, 0) is 9.53 Å². The fourth-order valence-electron chi connectivity index (χ4n) is 3.30. The van der Waals surface area contributed by atoms with Gasteiger partial charge in [0.1, 0.15) is 0 Å². The van der Waals surface area contributed by atoms with Gasteiger partial charge in [0, 0.05) is 38.3 Å². The number of nitrogens with zero attached hydrogens (tertiary/aromatic N) is 3. The van der Waals surface area contributed by atoms with Gasteiger partial charge in [-0.25, -0.2) is 0 Å². The summed E-state index contributed by atoms with van der Waals surface area (Å²) in [5.74, 6) is 0.917. The summed E-state index contributed by atoms with van der Waals surface area (Å²) >= 11 is 0. The summed E-state index contributed by atoms with van der Waals surface area (Å²) in [6.45, 7) is 15.3. The Morgan fingerprint density at radius 2 is 1.83 bits per heavy atom. The zero-order chi connectivity index (χ0) is 18.1. The number of hydrogen-bond acceptors (Lipinski definition) is 4. The third-order valence-electron chi connectivity index (χ3n) is 4.61. The van der Waals surface area contributed by atoms with E-state index in [0.29, 0.717) is 12.1 Å². The van der Waals surface area contributed by atoms with Gasteiger partial charge < -0.3 is 15.0 Å². The van der Waals surface area contributed by atoms with Crippen molar-refractivity contribution in [2.24, 2.45) is 10.9 Å². The SMILES string of the molecule is CCNC(=NCCN(C(C)C)C(C)C)N1CCC(C(=O)OC)CC1. The van der Waals surface area contributed by atoms with E-state index >= 15 is 0 Å². The Bertz CT molecular complexity index is 394. The van der Waals surface area contributed by atoms with Gasteiger partial charge in [0.05, 0.1) is 19.6 Å². The maximum atomic E-state index is 11.7. The number of guanidine groups is 1. The highest BCUT2D eigenvalue weighted by molar-refractivity contribution is 5.80. The third-order valence-corrected chi connectivity index (χ3v) is 4.61. The molecular weight excluding hydrogens is 304 g/mol. The van der Waals surface area contributed by atoms with E-state index in [9.17, 15) is 4.79 Å². The van der Waals surface area contributed by atoms with Crippen molar-refractivity contribution in [1.82, 2.24) is 15.1 Å². The van der Waals surface area contributed by atoms with E-state index in [1.54, 1.807) is 0 Å². The summed E-state index contributed by atoms with van der Waals surface area (Å²) in [6, 6.07) is 1.05. The Kier molecular flexibility index (Phi) is 9.11. The number of methoxy groups -OCH3 is 1.